The Morgan fingerprint density at radius 3 is 2.53 bits per heavy atom. The summed E-state index contributed by atoms with van der Waals surface area (Å²) in [5.74, 6) is 0. The van der Waals surface area contributed by atoms with Gasteiger partial charge in [-0.05, 0) is 45.7 Å². The van der Waals surface area contributed by atoms with Crippen molar-refractivity contribution in [3.63, 3.8) is 0 Å². The van der Waals surface area contributed by atoms with Gasteiger partial charge in [-0.1, -0.05) is 18.2 Å². The molecule has 3 nitrogen and oxygen atoms in total. The lowest BCUT2D eigenvalue weighted by Crippen LogP contribution is -2.37. The molecule has 0 heterocycles. The second-order valence-corrected chi connectivity index (χ2v) is 5.16. The molecule has 0 aliphatic carbocycles. The van der Waals surface area contributed by atoms with Gasteiger partial charge in [-0.2, -0.15) is 5.26 Å². The maximum Gasteiger partial charge on any atom is 0.0971 e. The van der Waals surface area contributed by atoms with Crippen LogP contribution in [0.2, 0.25) is 0 Å². The van der Waals surface area contributed by atoms with Gasteiger partial charge >= 0.3 is 0 Å². The van der Waals surface area contributed by atoms with Crippen molar-refractivity contribution in [2.45, 2.75) is 46.2 Å². The molecule has 0 aliphatic heterocycles. The van der Waals surface area contributed by atoms with E-state index < -0.39 is 0 Å². The van der Waals surface area contributed by atoms with E-state index in [1.54, 1.807) is 0 Å². The molecular weight excluding hydrogens is 234 g/mol. The van der Waals surface area contributed by atoms with Gasteiger partial charge in [-0.25, -0.2) is 0 Å². The van der Waals surface area contributed by atoms with E-state index in [0.29, 0.717) is 6.04 Å². The summed E-state index contributed by atoms with van der Waals surface area (Å²) in [5, 5.41) is 12.4. The highest BCUT2D eigenvalue weighted by atomic mass is 15.1. The number of benzene rings is 1. The van der Waals surface area contributed by atoms with E-state index in [-0.39, 0.29) is 6.04 Å². The van der Waals surface area contributed by atoms with Gasteiger partial charge in [0.15, 0.2) is 0 Å². The first-order valence-electron chi connectivity index (χ1n) is 7.04. The molecule has 19 heavy (non-hydrogen) atoms. The van der Waals surface area contributed by atoms with Gasteiger partial charge in [-0.3, -0.25) is 5.32 Å². The lowest BCUT2D eigenvalue weighted by molar-refractivity contribution is 0.504. The summed E-state index contributed by atoms with van der Waals surface area (Å²) in [6, 6.07) is 11.0. The van der Waals surface area contributed by atoms with Crippen molar-refractivity contribution in [2.75, 3.05) is 18.0 Å². The second-order valence-electron chi connectivity index (χ2n) is 5.16. The summed E-state index contributed by atoms with van der Waals surface area (Å²) >= 11 is 0. The number of nitrogens with one attached hydrogen (secondary N) is 1. The lowest BCUT2D eigenvalue weighted by atomic mass is 10.1. The molecule has 0 bridgehead atoms. The fraction of sp³-hybridized carbons (Fsp3) is 0.562. The molecule has 0 aliphatic rings. The number of hydrogen-bond acceptors (Lipinski definition) is 3. The molecule has 1 rings (SSSR count). The van der Waals surface area contributed by atoms with E-state index in [0.717, 1.165) is 19.5 Å². The lowest BCUT2D eigenvalue weighted by Gasteiger charge is -2.26. The van der Waals surface area contributed by atoms with Gasteiger partial charge in [0, 0.05) is 24.8 Å². The van der Waals surface area contributed by atoms with E-state index in [2.05, 4.69) is 68.2 Å². The molecule has 0 saturated carbocycles. The summed E-state index contributed by atoms with van der Waals surface area (Å²) < 4.78 is 0. The summed E-state index contributed by atoms with van der Waals surface area (Å²) in [5.41, 5.74) is 2.56. The third kappa shape index (κ3) is 4.92. The normalized spacial score (nSPS) is 12.2. The fourth-order valence-electron chi connectivity index (χ4n) is 2.24. The van der Waals surface area contributed by atoms with Gasteiger partial charge in [0.2, 0.25) is 0 Å². The first kappa shape index (κ1) is 15.5. The van der Waals surface area contributed by atoms with Crippen LogP contribution >= 0.6 is 0 Å². The van der Waals surface area contributed by atoms with Gasteiger partial charge in [-0.15, -0.1) is 0 Å². The van der Waals surface area contributed by atoms with Crippen LogP contribution in [0.1, 0.15) is 32.8 Å². The molecule has 1 atom stereocenters. The highest BCUT2D eigenvalue weighted by molar-refractivity contribution is 5.52. The van der Waals surface area contributed by atoms with Crippen molar-refractivity contribution in [2.24, 2.45) is 0 Å². The van der Waals surface area contributed by atoms with Crippen LogP contribution in [0, 0.1) is 18.3 Å². The van der Waals surface area contributed by atoms with Crippen LogP contribution in [0.5, 0.6) is 0 Å². The van der Waals surface area contributed by atoms with Gasteiger partial charge in [0.25, 0.3) is 0 Å². The van der Waals surface area contributed by atoms with Crippen molar-refractivity contribution in [3.8, 4) is 6.07 Å². The van der Waals surface area contributed by atoms with E-state index in [4.69, 9.17) is 5.26 Å². The van der Waals surface area contributed by atoms with Crippen molar-refractivity contribution < 1.29 is 0 Å². The van der Waals surface area contributed by atoms with Crippen molar-refractivity contribution >= 4 is 5.69 Å². The predicted molar refractivity (Wildman–Crippen MR) is 81.4 cm³/mol. The summed E-state index contributed by atoms with van der Waals surface area (Å²) in [4.78, 5) is 2.34. The molecule has 0 fully saturated rings. The maximum atomic E-state index is 9.15. The zero-order chi connectivity index (χ0) is 14.3. The molecule has 0 aromatic heterocycles. The summed E-state index contributed by atoms with van der Waals surface area (Å²) in [6.07, 6.45) is 0.844. The minimum Gasteiger partial charge on any atom is -0.372 e. The number of nitrogens with zero attached hydrogens (tertiary/aromatic N) is 2. The van der Waals surface area contributed by atoms with Gasteiger partial charge in [0.05, 0.1) is 12.1 Å². The molecule has 1 unspecified atom stereocenters. The molecule has 3 heteroatoms. The molecule has 0 radical (unpaired) electrons. The Kier molecular flexibility index (Phi) is 6.38. The van der Waals surface area contributed by atoms with Crippen LogP contribution in [0.4, 0.5) is 5.69 Å². The molecule has 104 valence electrons. The molecule has 0 saturated heterocycles. The van der Waals surface area contributed by atoms with Crippen molar-refractivity contribution in [1.82, 2.24) is 5.32 Å². The van der Waals surface area contributed by atoms with Crippen LogP contribution in [0.3, 0.4) is 0 Å². The van der Waals surface area contributed by atoms with Crippen LogP contribution in [-0.2, 0) is 0 Å². The van der Waals surface area contributed by atoms with E-state index in [9.17, 15) is 0 Å². The second kappa shape index (κ2) is 7.81. The minimum atomic E-state index is -0.0712. The van der Waals surface area contributed by atoms with Crippen LogP contribution < -0.4 is 10.2 Å². The smallest absolute Gasteiger partial charge is 0.0971 e. The van der Waals surface area contributed by atoms with Crippen LogP contribution in [0.15, 0.2) is 24.3 Å². The Labute approximate surface area is 117 Å². The monoisotopic (exact) mass is 259 g/mol. The average Bonchev–Trinajstić information content (AvgIpc) is 2.39. The van der Waals surface area contributed by atoms with E-state index in [1.807, 2.05) is 0 Å². The minimum absolute atomic E-state index is 0.0712. The summed E-state index contributed by atoms with van der Waals surface area (Å²) in [7, 11) is 0. The number of hydrogen-bond donors (Lipinski definition) is 1. The zero-order valence-corrected chi connectivity index (χ0v) is 12.5. The highest BCUT2D eigenvalue weighted by Gasteiger charge is 2.12. The third-order valence-corrected chi connectivity index (χ3v) is 3.22. The Bertz CT molecular complexity index is 420. The highest BCUT2D eigenvalue weighted by Crippen LogP contribution is 2.19. The largest absolute Gasteiger partial charge is 0.372 e. The predicted octanol–water partition coefficient (Wildman–Crippen LogP) is 3.10. The standard InChI is InChI=1S/C16H25N3/c1-5-19(16-9-7-6-8-14(16)4)11-10-15(12-17)18-13(2)3/h6-9,13,15,18H,5,10-11H2,1-4H3. The quantitative estimate of drug-likeness (QED) is 0.818. The average molecular weight is 259 g/mol. The number of aryl methyl sites for hydroxylation is 1. The van der Waals surface area contributed by atoms with Crippen LogP contribution in [-0.4, -0.2) is 25.2 Å². The zero-order valence-electron chi connectivity index (χ0n) is 12.5. The molecule has 0 spiro atoms. The summed E-state index contributed by atoms with van der Waals surface area (Å²) in [6.45, 7) is 10.3. The van der Waals surface area contributed by atoms with Crippen molar-refractivity contribution in [3.05, 3.63) is 29.8 Å². The number of anilines is 1. The van der Waals surface area contributed by atoms with E-state index in [1.165, 1.54) is 11.3 Å². The number of nitriles is 1. The fourth-order valence-corrected chi connectivity index (χ4v) is 2.24. The maximum absolute atomic E-state index is 9.15. The van der Waals surface area contributed by atoms with Crippen molar-refractivity contribution in [1.29, 1.82) is 5.26 Å². The first-order chi connectivity index (χ1) is 9.08. The molecule has 1 aromatic carbocycles. The molecule has 1 N–H and O–H groups in total. The van der Waals surface area contributed by atoms with Crippen LogP contribution in [0.25, 0.3) is 0 Å². The Balaban J connectivity index is 2.63. The molecule has 1 aromatic rings. The SMILES string of the molecule is CCN(CCC(C#N)NC(C)C)c1ccccc1C. The Morgan fingerprint density at radius 1 is 1.32 bits per heavy atom. The topological polar surface area (TPSA) is 39.1 Å². The molecule has 0 amide bonds. The Hall–Kier alpha value is -1.53. The molecular formula is C16H25N3. The third-order valence-electron chi connectivity index (χ3n) is 3.22. The number of para-hydroxylation sites is 1. The van der Waals surface area contributed by atoms with E-state index >= 15 is 0 Å². The van der Waals surface area contributed by atoms with Gasteiger partial charge in [0.1, 0.15) is 0 Å². The Morgan fingerprint density at radius 2 is 2.00 bits per heavy atom. The van der Waals surface area contributed by atoms with Gasteiger partial charge < -0.3 is 4.90 Å². The number of rotatable bonds is 7. The first-order valence-corrected chi connectivity index (χ1v) is 7.04.